The number of hydrogen-bond acceptors (Lipinski definition) is 4. The van der Waals surface area contributed by atoms with E-state index in [1.807, 2.05) is 0 Å². The second-order valence-corrected chi connectivity index (χ2v) is 7.37. The average molecular weight is 303 g/mol. The maximum absolute atomic E-state index is 12.7. The Balaban J connectivity index is 2.01. The summed E-state index contributed by atoms with van der Waals surface area (Å²) in [6, 6.07) is 1.25. The molecule has 0 aromatic carbocycles. The van der Waals surface area contributed by atoms with Crippen LogP contribution in [-0.2, 0) is 10.0 Å². The second kappa shape index (κ2) is 4.70. The summed E-state index contributed by atoms with van der Waals surface area (Å²) in [5, 5.41) is 9.93. The molecule has 2 saturated heterocycles. The molecule has 2 atom stereocenters. The van der Waals surface area contributed by atoms with Crippen molar-refractivity contribution in [1.29, 1.82) is 0 Å². The first-order chi connectivity index (χ1) is 9.00. The Kier molecular flexibility index (Phi) is 3.29. The van der Waals surface area contributed by atoms with E-state index in [2.05, 4.69) is 4.98 Å². The fourth-order valence-electron chi connectivity index (χ4n) is 3.16. The molecule has 2 aliphatic heterocycles. The summed E-state index contributed by atoms with van der Waals surface area (Å²) in [6.45, 7) is 0. The molecule has 1 N–H and O–H groups in total. The molecule has 2 bridgehead atoms. The van der Waals surface area contributed by atoms with Gasteiger partial charge in [0.05, 0.1) is 11.1 Å². The molecule has 0 amide bonds. The van der Waals surface area contributed by atoms with Crippen molar-refractivity contribution < 1.29 is 13.5 Å². The Morgan fingerprint density at radius 2 is 1.95 bits per heavy atom. The third-order valence-electron chi connectivity index (χ3n) is 3.93. The van der Waals surface area contributed by atoms with E-state index in [1.54, 1.807) is 0 Å². The van der Waals surface area contributed by atoms with Crippen molar-refractivity contribution in [2.45, 2.75) is 48.8 Å². The molecule has 2 fully saturated rings. The molecular weight excluding hydrogens is 288 g/mol. The van der Waals surface area contributed by atoms with E-state index in [0.29, 0.717) is 12.8 Å². The molecular formula is C12H15ClN2O3S. The molecule has 5 nitrogen and oxygen atoms in total. The average Bonchev–Trinajstić information content (AvgIpc) is 2.63. The van der Waals surface area contributed by atoms with Crippen LogP contribution in [0.2, 0.25) is 5.02 Å². The lowest BCUT2D eigenvalue weighted by Gasteiger charge is -2.36. The van der Waals surface area contributed by atoms with Gasteiger partial charge in [0.25, 0.3) is 0 Å². The van der Waals surface area contributed by atoms with E-state index in [1.165, 1.54) is 22.8 Å². The highest BCUT2D eigenvalue weighted by Crippen LogP contribution is 2.40. The summed E-state index contributed by atoms with van der Waals surface area (Å²) < 4.78 is 26.9. The number of halogens is 1. The monoisotopic (exact) mass is 302 g/mol. The van der Waals surface area contributed by atoms with Gasteiger partial charge >= 0.3 is 0 Å². The van der Waals surface area contributed by atoms with Crippen LogP contribution >= 0.6 is 11.6 Å². The van der Waals surface area contributed by atoms with Crippen LogP contribution in [0.25, 0.3) is 0 Å². The number of aliphatic hydroxyl groups is 1. The van der Waals surface area contributed by atoms with E-state index < -0.39 is 16.1 Å². The van der Waals surface area contributed by atoms with Gasteiger partial charge in [-0.15, -0.1) is 0 Å². The van der Waals surface area contributed by atoms with Gasteiger partial charge in [-0.05, 0) is 31.7 Å². The molecule has 3 rings (SSSR count). The lowest BCUT2D eigenvalue weighted by atomic mass is 10.0. The number of piperidine rings is 1. The summed E-state index contributed by atoms with van der Waals surface area (Å²) in [7, 11) is -3.62. The molecule has 7 heteroatoms. The quantitative estimate of drug-likeness (QED) is 0.897. The smallest absolute Gasteiger partial charge is 0.246 e. The summed E-state index contributed by atoms with van der Waals surface area (Å²) in [6.07, 6.45) is 4.99. The van der Waals surface area contributed by atoms with Crippen molar-refractivity contribution in [2.24, 2.45) is 0 Å². The van der Waals surface area contributed by atoms with Gasteiger partial charge in [0.2, 0.25) is 10.0 Å². The topological polar surface area (TPSA) is 70.5 Å². The van der Waals surface area contributed by atoms with Crippen LogP contribution in [0, 0.1) is 0 Å². The zero-order valence-corrected chi connectivity index (χ0v) is 11.8. The molecule has 19 heavy (non-hydrogen) atoms. The van der Waals surface area contributed by atoms with Crippen LogP contribution in [0.4, 0.5) is 0 Å². The van der Waals surface area contributed by atoms with Crippen LogP contribution in [0.5, 0.6) is 0 Å². The summed E-state index contributed by atoms with van der Waals surface area (Å²) in [5.41, 5.74) is 0. The van der Waals surface area contributed by atoms with Crippen molar-refractivity contribution in [3.63, 3.8) is 0 Å². The summed E-state index contributed by atoms with van der Waals surface area (Å²) in [4.78, 5) is 3.91. The standard InChI is InChI=1S/C12H15ClN2O3S/c13-11-3-4-14-7-12(11)19(17,18)15-8-1-2-9(15)6-10(16)5-8/h3-4,7-10,16H,1-2,5-6H2. The molecule has 0 saturated carbocycles. The molecule has 0 radical (unpaired) electrons. The number of nitrogens with zero attached hydrogens (tertiary/aromatic N) is 2. The highest BCUT2D eigenvalue weighted by atomic mass is 35.5. The van der Waals surface area contributed by atoms with Crippen LogP contribution in [0.1, 0.15) is 25.7 Å². The number of pyridine rings is 1. The second-order valence-electron chi connectivity index (χ2n) is 5.15. The predicted molar refractivity (Wildman–Crippen MR) is 70.3 cm³/mol. The Morgan fingerprint density at radius 1 is 1.32 bits per heavy atom. The number of hydrogen-bond donors (Lipinski definition) is 1. The van der Waals surface area contributed by atoms with Crippen molar-refractivity contribution in [1.82, 2.24) is 9.29 Å². The number of aromatic nitrogens is 1. The molecule has 0 aliphatic carbocycles. The fraction of sp³-hybridized carbons (Fsp3) is 0.583. The Labute approximate surface area is 117 Å². The summed E-state index contributed by atoms with van der Waals surface area (Å²) in [5.74, 6) is 0. The van der Waals surface area contributed by atoms with Crippen molar-refractivity contribution in [2.75, 3.05) is 0 Å². The number of fused-ring (bicyclic) bond motifs is 2. The van der Waals surface area contributed by atoms with Crippen molar-refractivity contribution in [3.8, 4) is 0 Å². The zero-order valence-electron chi connectivity index (χ0n) is 10.2. The molecule has 2 aliphatic rings. The maximum atomic E-state index is 12.7. The Morgan fingerprint density at radius 3 is 2.53 bits per heavy atom. The minimum atomic E-state index is -3.62. The predicted octanol–water partition coefficient (Wildman–Crippen LogP) is 1.41. The van der Waals surface area contributed by atoms with E-state index in [4.69, 9.17) is 11.6 Å². The SMILES string of the molecule is O=S(=O)(c1cnccc1Cl)N1C2CCC1CC(O)C2. The molecule has 104 valence electrons. The highest BCUT2D eigenvalue weighted by Gasteiger charge is 2.47. The third kappa shape index (κ3) is 2.16. The van der Waals surface area contributed by atoms with Crippen LogP contribution in [-0.4, -0.2) is 41.0 Å². The molecule has 2 unspecified atom stereocenters. The van der Waals surface area contributed by atoms with Crippen LogP contribution < -0.4 is 0 Å². The lowest BCUT2D eigenvalue weighted by molar-refractivity contribution is 0.0768. The van der Waals surface area contributed by atoms with Gasteiger partial charge in [-0.3, -0.25) is 4.98 Å². The molecule has 0 spiro atoms. The van der Waals surface area contributed by atoms with Gasteiger partial charge in [-0.2, -0.15) is 4.31 Å². The largest absolute Gasteiger partial charge is 0.393 e. The van der Waals surface area contributed by atoms with Gasteiger partial charge in [0, 0.05) is 24.5 Å². The van der Waals surface area contributed by atoms with Crippen molar-refractivity contribution >= 4 is 21.6 Å². The molecule has 3 heterocycles. The number of aliphatic hydroxyl groups excluding tert-OH is 1. The highest BCUT2D eigenvalue weighted by molar-refractivity contribution is 7.89. The van der Waals surface area contributed by atoms with E-state index in [0.717, 1.165) is 12.8 Å². The minimum absolute atomic E-state index is 0.0601. The van der Waals surface area contributed by atoms with Crippen LogP contribution in [0.15, 0.2) is 23.4 Å². The molecule has 1 aromatic rings. The Bertz CT molecular complexity index is 578. The zero-order chi connectivity index (χ0) is 13.6. The number of sulfonamides is 1. The van der Waals surface area contributed by atoms with E-state index in [-0.39, 0.29) is 22.0 Å². The normalized spacial score (nSPS) is 31.6. The first-order valence-corrected chi connectivity index (χ1v) is 8.13. The summed E-state index contributed by atoms with van der Waals surface area (Å²) >= 11 is 5.98. The van der Waals surface area contributed by atoms with E-state index in [9.17, 15) is 13.5 Å². The van der Waals surface area contributed by atoms with Crippen molar-refractivity contribution in [3.05, 3.63) is 23.5 Å². The Hall–Kier alpha value is -0.690. The van der Waals surface area contributed by atoms with Crippen LogP contribution in [0.3, 0.4) is 0 Å². The van der Waals surface area contributed by atoms with E-state index >= 15 is 0 Å². The minimum Gasteiger partial charge on any atom is -0.393 e. The lowest BCUT2D eigenvalue weighted by Crippen LogP contribution is -2.47. The van der Waals surface area contributed by atoms with Gasteiger partial charge in [-0.1, -0.05) is 11.6 Å². The first-order valence-electron chi connectivity index (χ1n) is 6.31. The van der Waals surface area contributed by atoms with Gasteiger partial charge in [0.1, 0.15) is 4.90 Å². The fourth-order valence-corrected chi connectivity index (χ4v) is 5.47. The maximum Gasteiger partial charge on any atom is 0.246 e. The third-order valence-corrected chi connectivity index (χ3v) is 6.40. The van der Waals surface area contributed by atoms with Gasteiger partial charge in [0.15, 0.2) is 0 Å². The first kappa shape index (κ1) is 13.3. The van der Waals surface area contributed by atoms with Gasteiger partial charge < -0.3 is 5.11 Å². The van der Waals surface area contributed by atoms with Gasteiger partial charge in [-0.25, -0.2) is 8.42 Å². The number of rotatable bonds is 2. The molecule has 1 aromatic heterocycles.